The number of Topliss-reactive ketones (excluding diaryl/α,β-unsaturated/α-hetero) is 2. The summed E-state index contributed by atoms with van der Waals surface area (Å²) in [4.78, 5) is 34.8. The number of carbonyl (C=O) groups excluding carboxylic acids is 2. The number of ketones is 2. The zero-order valence-electron chi connectivity index (χ0n) is 16.1. The Morgan fingerprint density at radius 1 is 0.808 bits per heavy atom. The zero-order valence-corrected chi connectivity index (χ0v) is 16.1. The van der Waals surface area contributed by atoms with Gasteiger partial charge in [-0.15, -0.1) is 0 Å². The maximum Gasteiger partial charge on any atom is 0.303 e. The molecular formula is C22H30O4. The van der Waals surface area contributed by atoms with E-state index in [1.165, 1.54) is 0 Å². The molecule has 0 spiro atoms. The SMILES string of the molecule is CC1=C(C)C(=O)C(CCCCC=CCC=CCCCC(=O)O)=C(C)C1=O. The smallest absolute Gasteiger partial charge is 0.303 e. The Morgan fingerprint density at radius 2 is 1.38 bits per heavy atom. The highest BCUT2D eigenvalue weighted by molar-refractivity contribution is 6.24. The molecule has 4 nitrogen and oxygen atoms in total. The molecule has 0 saturated heterocycles. The third kappa shape index (κ3) is 6.95. The van der Waals surface area contributed by atoms with Crippen LogP contribution in [-0.4, -0.2) is 22.6 Å². The molecule has 0 heterocycles. The van der Waals surface area contributed by atoms with Gasteiger partial charge in [-0.3, -0.25) is 14.4 Å². The van der Waals surface area contributed by atoms with Gasteiger partial charge < -0.3 is 5.11 Å². The Bertz CT molecular complexity index is 660. The number of aliphatic carboxylic acids is 1. The third-order valence-corrected chi connectivity index (χ3v) is 4.73. The van der Waals surface area contributed by atoms with Crippen molar-refractivity contribution in [1.29, 1.82) is 0 Å². The number of allylic oxidation sites excluding steroid dienone is 8. The molecule has 4 heteroatoms. The van der Waals surface area contributed by atoms with Crippen molar-refractivity contribution in [2.45, 2.75) is 72.1 Å². The molecule has 1 aliphatic carbocycles. The lowest BCUT2D eigenvalue weighted by atomic mass is 9.84. The molecule has 0 atom stereocenters. The summed E-state index contributed by atoms with van der Waals surface area (Å²) in [5.74, 6) is -0.708. The number of hydrogen-bond donors (Lipinski definition) is 1. The molecule has 0 aromatic heterocycles. The number of rotatable bonds is 11. The van der Waals surface area contributed by atoms with E-state index in [1.54, 1.807) is 20.8 Å². The van der Waals surface area contributed by atoms with Crippen molar-refractivity contribution < 1.29 is 19.5 Å². The van der Waals surface area contributed by atoms with Crippen molar-refractivity contribution in [3.63, 3.8) is 0 Å². The van der Waals surface area contributed by atoms with E-state index in [4.69, 9.17) is 5.11 Å². The molecule has 0 radical (unpaired) electrons. The maximum atomic E-state index is 12.3. The summed E-state index contributed by atoms with van der Waals surface area (Å²) in [7, 11) is 0. The molecule has 0 aromatic rings. The molecule has 1 aliphatic rings. The second-order valence-corrected chi connectivity index (χ2v) is 6.72. The van der Waals surface area contributed by atoms with Gasteiger partial charge in [0.05, 0.1) is 0 Å². The minimum atomic E-state index is -0.745. The van der Waals surface area contributed by atoms with Crippen LogP contribution in [0.2, 0.25) is 0 Å². The van der Waals surface area contributed by atoms with Gasteiger partial charge in [-0.05, 0) is 65.7 Å². The Kier molecular flexibility index (Phi) is 9.56. The highest BCUT2D eigenvalue weighted by Gasteiger charge is 2.26. The van der Waals surface area contributed by atoms with Crippen LogP contribution >= 0.6 is 0 Å². The fourth-order valence-corrected chi connectivity index (χ4v) is 2.90. The topological polar surface area (TPSA) is 71.4 Å². The second-order valence-electron chi connectivity index (χ2n) is 6.72. The van der Waals surface area contributed by atoms with Crippen molar-refractivity contribution in [2.24, 2.45) is 0 Å². The van der Waals surface area contributed by atoms with Crippen molar-refractivity contribution in [3.05, 3.63) is 46.6 Å². The average molecular weight is 358 g/mol. The van der Waals surface area contributed by atoms with Gasteiger partial charge >= 0.3 is 5.97 Å². The van der Waals surface area contributed by atoms with E-state index < -0.39 is 5.97 Å². The number of carboxylic acids is 1. The molecule has 1 N–H and O–H groups in total. The van der Waals surface area contributed by atoms with Gasteiger partial charge in [-0.25, -0.2) is 0 Å². The van der Waals surface area contributed by atoms with Gasteiger partial charge in [-0.1, -0.05) is 24.3 Å². The normalized spacial score (nSPS) is 15.8. The predicted octanol–water partition coefficient (Wildman–Crippen LogP) is 5.11. The summed E-state index contributed by atoms with van der Waals surface area (Å²) in [6.45, 7) is 5.22. The van der Waals surface area contributed by atoms with Crippen LogP contribution in [0.1, 0.15) is 72.1 Å². The first-order chi connectivity index (χ1) is 12.4. The summed E-state index contributed by atoms with van der Waals surface area (Å²) in [6.07, 6.45) is 14.4. The van der Waals surface area contributed by atoms with Crippen molar-refractivity contribution in [2.75, 3.05) is 0 Å². The van der Waals surface area contributed by atoms with Gasteiger partial charge in [0.2, 0.25) is 0 Å². The van der Waals surface area contributed by atoms with Gasteiger partial charge in [-0.2, -0.15) is 0 Å². The standard InChI is InChI=1S/C22H30O4/c1-16-17(2)22(26)19(18(3)21(16)25)14-12-10-8-6-4-5-7-9-11-13-15-20(23)24/h4,6-7,9H,5,8,10-15H2,1-3H3,(H,23,24). The van der Waals surface area contributed by atoms with E-state index in [0.717, 1.165) is 32.1 Å². The first kappa shape index (κ1) is 21.8. The summed E-state index contributed by atoms with van der Waals surface area (Å²) < 4.78 is 0. The molecule has 0 aromatic carbocycles. The molecule has 0 saturated carbocycles. The molecule has 0 amide bonds. The lowest BCUT2D eigenvalue weighted by molar-refractivity contribution is -0.137. The van der Waals surface area contributed by atoms with E-state index in [-0.39, 0.29) is 18.0 Å². The zero-order chi connectivity index (χ0) is 19.5. The monoisotopic (exact) mass is 358 g/mol. The molecule has 142 valence electrons. The molecule has 0 aliphatic heterocycles. The predicted molar refractivity (Wildman–Crippen MR) is 104 cm³/mol. The average Bonchev–Trinajstić information content (AvgIpc) is 2.61. The van der Waals surface area contributed by atoms with E-state index >= 15 is 0 Å². The maximum absolute atomic E-state index is 12.3. The molecule has 0 bridgehead atoms. The van der Waals surface area contributed by atoms with Gasteiger partial charge in [0, 0.05) is 28.7 Å². The van der Waals surface area contributed by atoms with Crippen LogP contribution in [-0.2, 0) is 14.4 Å². The first-order valence-corrected chi connectivity index (χ1v) is 9.34. The molecular weight excluding hydrogens is 328 g/mol. The first-order valence-electron chi connectivity index (χ1n) is 9.34. The second kappa shape index (κ2) is 11.4. The molecule has 0 fully saturated rings. The number of carbonyl (C=O) groups is 3. The highest BCUT2D eigenvalue weighted by atomic mass is 16.4. The summed E-state index contributed by atoms with van der Waals surface area (Å²) in [6, 6.07) is 0. The summed E-state index contributed by atoms with van der Waals surface area (Å²) in [5.41, 5.74) is 2.47. The Morgan fingerprint density at radius 3 is 2.00 bits per heavy atom. The van der Waals surface area contributed by atoms with E-state index in [0.29, 0.717) is 35.1 Å². The Balaban J connectivity index is 2.23. The van der Waals surface area contributed by atoms with E-state index in [9.17, 15) is 14.4 Å². The Labute approximate surface area is 156 Å². The van der Waals surface area contributed by atoms with Crippen molar-refractivity contribution in [1.82, 2.24) is 0 Å². The van der Waals surface area contributed by atoms with Crippen LogP contribution in [0.4, 0.5) is 0 Å². The summed E-state index contributed by atoms with van der Waals surface area (Å²) >= 11 is 0. The molecule has 1 rings (SSSR count). The van der Waals surface area contributed by atoms with Crippen LogP contribution in [0.25, 0.3) is 0 Å². The lowest BCUT2D eigenvalue weighted by Crippen LogP contribution is -2.20. The number of hydrogen-bond acceptors (Lipinski definition) is 3. The van der Waals surface area contributed by atoms with Crippen LogP contribution < -0.4 is 0 Å². The van der Waals surface area contributed by atoms with Gasteiger partial charge in [0.25, 0.3) is 0 Å². The fraction of sp³-hybridized carbons (Fsp3) is 0.500. The van der Waals surface area contributed by atoms with Crippen molar-refractivity contribution >= 4 is 17.5 Å². The van der Waals surface area contributed by atoms with Crippen LogP contribution in [0.15, 0.2) is 46.6 Å². The third-order valence-electron chi connectivity index (χ3n) is 4.73. The number of carboxylic acid groups (broad SMARTS) is 1. The van der Waals surface area contributed by atoms with E-state index in [1.807, 2.05) is 6.08 Å². The quantitative estimate of drug-likeness (QED) is 0.316. The number of unbranched alkanes of at least 4 members (excludes halogenated alkanes) is 3. The van der Waals surface area contributed by atoms with Crippen LogP contribution in [0.3, 0.4) is 0 Å². The molecule has 26 heavy (non-hydrogen) atoms. The molecule has 0 unspecified atom stereocenters. The summed E-state index contributed by atoms with van der Waals surface area (Å²) in [5, 5.41) is 8.53. The van der Waals surface area contributed by atoms with Crippen LogP contribution in [0.5, 0.6) is 0 Å². The minimum absolute atomic E-state index is 0.00661. The van der Waals surface area contributed by atoms with E-state index in [2.05, 4.69) is 18.2 Å². The fourth-order valence-electron chi connectivity index (χ4n) is 2.90. The largest absolute Gasteiger partial charge is 0.481 e. The highest BCUT2D eigenvalue weighted by Crippen LogP contribution is 2.27. The van der Waals surface area contributed by atoms with Crippen LogP contribution in [0, 0.1) is 0 Å². The lowest BCUT2D eigenvalue weighted by Gasteiger charge is -2.18. The Hall–Kier alpha value is -2.23. The van der Waals surface area contributed by atoms with Gasteiger partial charge in [0.15, 0.2) is 11.6 Å². The van der Waals surface area contributed by atoms with Gasteiger partial charge in [0.1, 0.15) is 0 Å². The minimum Gasteiger partial charge on any atom is -0.481 e. The van der Waals surface area contributed by atoms with Crippen molar-refractivity contribution in [3.8, 4) is 0 Å².